The third kappa shape index (κ3) is 2.22. The number of carbonyl (C=O) groups is 2. The summed E-state index contributed by atoms with van der Waals surface area (Å²) in [6, 6.07) is 18.9. The second-order valence-electron chi connectivity index (χ2n) is 7.61. The fourth-order valence-electron chi connectivity index (χ4n) is 4.97. The van der Waals surface area contributed by atoms with Gasteiger partial charge in [-0.3, -0.25) is 9.59 Å². The lowest BCUT2D eigenvalue weighted by Crippen LogP contribution is -2.47. The molecule has 0 bridgehead atoms. The van der Waals surface area contributed by atoms with Gasteiger partial charge in [0.05, 0.1) is 16.9 Å². The Morgan fingerprint density at radius 2 is 1.64 bits per heavy atom. The fraction of sp³-hybridized carbons (Fsp3) is 0.364. The maximum Gasteiger partial charge on any atom is 0.169 e. The van der Waals surface area contributed by atoms with Gasteiger partial charge in [-0.1, -0.05) is 60.7 Å². The van der Waals surface area contributed by atoms with Crippen LogP contribution in [0.4, 0.5) is 0 Å². The van der Waals surface area contributed by atoms with Crippen molar-refractivity contribution in [2.24, 2.45) is 11.3 Å². The van der Waals surface area contributed by atoms with Crippen molar-refractivity contribution in [2.45, 2.75) is 37.7 Å². The first-order valence-corrected chi connectivity index (χ1v) is 8.87. The van der Waals surface area contributed by atoms with E-state index in [1.807, 2.05) is 55.5 Å². The lowest BCUT2D eigenvalue weighted by Gasteiger charge is -2.35. The Balaban J connectivity index is 1.84. The monoisotopic (exact) mass is 334 g/mol. The molecule has 4 rings (SSSR count). The summed E-state index contributed by atoms with van der Waals surface area (Å²) in [5, 5.41) is 11.5. The highest BCUT2D eigenvalue weighted by molar-refractivity contribution is 6.02. The Labute approximate surface area is 147 Å². The second kappa shape index (κ2) is 5.63. The van der Waals surface area contributed by atoms with Crippen molar-refractivity contribution in [1.82, 2.24) is 0 Å². The highest BCUT2D eigenvalue weighted by Crippen LogP contribution is 2.63. The molecular formula is C22H22O3. The summed E-state index contributed by atoms with van der Waals surface area (Å²) < 4.78 is 0. The van der Waals surface area contributed by atoms with Crippen LogP contribution in [0, 0.1) is 11.3 Å². The quantitative estimate of drug-likeness (QED) is 0.869. The molecule has 2 aliphatic carbocycles. The zero-order chi connectivity index (χ0) is 17.7. The van der Waals surface area contributed by atoms with E-state index in [-0.39, 0.29) is 17.5 Å². The topological polar surface area (TPSA) is 54.4 Å². The fourth-order valence-corrected chi connectivity index (χ4v) is 4.97. The summed E-state index contributed by atoms with van der Waals surface area (Å²) in [5.74, 6) is -0.712. The number of hydrogen-bond acceptors (Lipinski definition) is 3. The van der Waals surface area contributed by atoms with Crippen LogP contribution in [0.15, 0.2) is 60.7 Å². The molecule has 1 N–H and O–H groups in total. The number of ketones is 2. The van der Waals surface area contributed by atoms with Crippen LogP contribution < -0.4 is 0 Å². The van der Waals surface area contributed by atoms with Gasteiger partial charge in [0.25, 0.3) is 0 Å². The third-order valence-corrected chi connectivity index (χ3v) is 6.42. The molecule has 3 nitrogen and oxygen atoms in total. The van der Waals surface area contributed by atoms with Crippen molar-refractivity contribution in [1.29, 1.82) is 0 Å². The second-order valence-corrected chi connectivity index (χ2v) is 7.61. The molecule has 0 amide bonds. The van der Waals surface area contributed by atoms with Crippen molar-refractivity contribution in [3.05, 3.63) is 71.8 Å². The van der Waals surface area contributed by atoms with Crippen LogP contribution in [0.2, 0.25) is 0 Å². The van der Waals surface area contributed by atoms with Crippen LogP contribution in [-0.2, 0) is 4.79 Å². The molecule has 0 spiro atoms. The normalized spacial score (nSPS) is 34.1. The molecule has 2 saturated carbocycles. The maximum absolute atomic E-state index is 13.4. The number of benzene rings is 2. The number of aliphatic hydroxyl groups is 1. The average Bonchev–Trinajstić information content (AvgIpc) is 3.02. The molecule has 0 unspecified atom stereocenters. The lowest BCUT2D eigenvalue weighted by atomic mass is 9.72. The van der Waals surface area contributed by atoms with Crippen molar-refractivity contribution >= 4 is 11.6 Å². The maximum atomic E-state index is 13.4. The zero-order valence-corrected chi connectivity index (χ0v) is 14.3. The average molecular weight is 334 g/mol. The Morgan fingerprint density at radius 3 is 2.28 bits per heavy atom. The Hall–Kier alpha value is -2.26. The van der Waals surface area contributed by atoms with E-state index in [2.05, 4.69) is 0 Å². The van der Waals surface area contributed by atoms with E-state index in [4.69, 9.17) is 0 Å². The van der Waals surface area contributed by atoms with Gasteiger partial charge in [0.2, 0.25) is 0 Å². The van der Waals surface area contributed by atoms with Crippen LogP contribution in [0.3, 0.4) is 0 Å². The van der Waals surface area contributed by atoms with Crippen LogP contribution >= 0.6 is 0 Å². The Morgan fingerprint density at radius 1 is 1.04 bits per heavy atom. The number of carbonyl (C=O) groups excluding carboxylic acids is 2. The standard InChI is InChI=1S/C22H22O3/c1-21-14-17(15-8-4-2-5-9-15)19(22(21,25)13-12-18(21)23)20(24)16-10-6-3-7-11-16/h2-11,17,19,25H,12-14H2,1H3/t17-,19+,21+,22-/m1/s1. The summed E-state index contributed by atoms with van der Waals surface area (Å²) in [7, 11) is 0. The third-order valence-electron chi connectivity index (χ3n) is 6.42. The largest absolute Gasteiger partial charge is 0.388 e. The Kier molecular flexibility index (Phi) is 3.66. The minimum Gasteiger partial charge on any atom is -0.388 e. The smallest absolute Gasteiger partial charge is 0.169 e. The summed E-state index contributed by atoms with van der Waals surface area (Å²) in [5.41, 5.74) is -0.487. The molecule has 2 aromatic rings. The number of hydrogen-bond donors (Lipinski definition) is 1. The number of fused-ring (bicyclic) bond motifs is 1. The minimum absolute atomic E-state index is 0.0598. The van der Waals surface area contributed by atoms with Gasteiger partial charge in [-0.25, -0.2) is 0 Å². The van der Waals surface area contributed by atoms with E-state index in [0.29, 0.717) is 24.8 Å². The molecule has 4 atom stereocenters. The molecule has 0 saturated heterocycles. The summed E-state index contributed by atoms with van der Waals surface area (Å²) in [6.07, 6.45) is 1.25. The van der Waals surface area contributed by atoms with Crippen LogP contribution in [-0.4, -0.2) is 22.3 Å². The van der Waals surface area contributed by atoms with E-state index in [0.717, 1.165) is 5.56 Å². The predicted molar refractivity (Wildman–Crippen MR) is 95.4 cm³/mol. The molecular weight excluding hydrogens is 312 g/mol. The molecule has 2 aromatic carbocycles. The van der Waals surface area contributed by atoms with Gasteiger partial charge in [-0.2, -0.15) is 0 Å². The first-order chi connectivity index (χ1) is 12.0. The van der Waals surface area contributed by atoms with Gasteiger partial charge in [-0.15, -0.1) is 0 Å². The minimum atomic E-state index is -1.27. The number of rotatable bonds is 3. The SMILES string of the molecule is C[C@@]12C[C@H](c3ccccc3)[C@@H](C(=O)c3ccccc3)[C@]1(O)CCC2=O. The van der Waals surface area contributed by atoms with Gasteiger partial charge >= 0.3 is 0 Å². The van der Waals surface area contributed by atoms with Crippen molar-refractivity contribution in [2.75, 3.05) is 0 Å². The molecule has 2 fully saturated rings. The van der Waals surface area contributed by atoms with E-state index in [9.17, 15) is 14.7 Å². The molecule has 25 heavy (non-hydrogen) atoms. The van der Waals surface area contributed by atoms with Crippen LogP contribution in [0.5, 0.6) is 0 Å². The molecule has 128 valence electrons. The van der Waals surface area contributed by atoms with Gasteiger partial charge in [0, 0.05) is 12.0 Å². The highest BCUT2D eigenvalue weighted by atomic mass is 16.3. The summed E-state index contributed by atoms with van der Waals surface area (Å²) in [6.45, 7) is 1.84. The molecule has 0 aromatic heterocycles. The molecule has 3 heteroatoms. The van der Waals surface area contributed by atoms with Crippen molar-refractivity contribution in [3.63, 3.8) is 0 Å². The number of Topliss-reactive ketones (excluding diaryl/α,β-unsaturated/α-hetero) is 2. The lowest BCUT2D eigenvalue weighted by molar-refractivity contribution is -0.132. The predicted octanol–water partition coefficient (Wildman–Crippen LogP) is 3.77. The molecule has 0 radical (unpaired) electrons. The summed E-state index contributed by atoms with van der Waals surface area (Å²) in [4.78, 5) is 25.9. The molecule has 0 aliphatic heterocycles. The summed E-state index contributed by atoms with van der Waals surface area (Å²) >= 11 is 0. The van der Waals surface area contributed by atoms with Crippen LogP contribution in [0.25, 0.3) is 0 Å². The van der Waals surface area contributed by atoms with E-state index >= 15 is 0 Å². The van der Waals surface area contributed by atoms with E-state index < -0.39 is 16.9 Å². The van der Waals surface area contributed by atoms with Gasteiger partial charge in [0.15, 0.2) is 5.78 Å². The molecule has 0 heterocycles. The highest BCUT2D eigenvalue weighted by Gasteiger charge is 2.68. The zero-order valence-electron chi connectivity index (χ0n) is 14.3. The van der Waals surface area contributed by atoms with Crippen LogP contribution in [0.1, 0.15) is 48.0 Å². The van der Waals surface area contributed by atoms with Crippen molar-refractivity contribution in [3.8, 4) is 0 Å². The first kappa shape index (κ1) is 16.2. The first-order valence-electron chi connectivity index (χ1n) is 8.87. The van der Waals surface area contributed by atoms with Gasteiger partial charge in [0.1, 0.15) is 5.78 Å². The van der Waals surface area contributed by atoms with E-state index in [1.165, 1.54) is 0 Å². The van der Waals surface area contributed by atoms with Gasteiger partial charge < -0.3 is 5.11 Å². The van der Waals surface area contributed by atoms with E-state index in [1.54, 1.807) is 12.1 Å². The molecule has 2 aliphatic rings. The van der Waals surface area contributed by atoms with Crippen molar-refractivity contribution < 1.29 is 14.7 Å². The van der Waals surface area contributed by atoms with Gasteiger partial charge in [-0.05, 0) is 31.2 Å². The Bertz CT molecular complexity index is 814.